The van der Waals surface area contributed by atoms with Crippen molar-refractivity contribution in [3.8, 4) is 0 Å². The molecule has 0 amide bonds. The Kier molecular flexibility index (Phi) is 11.9. The van der Waals surface area contributed by atoms with E-state index >= 15 is 0 Å². The topological polar surface area (TPSA) is 0 Å². The van der Waals surface area contributed by atoms with Crippen molar-refractivity contribution in [2.75, 3.05) is 0 Å². The summed E-state index contributed by atoms with van der Waals surface area (Å²) in [6, 6.07) is 23.6. The van der Waals surface area contributed by atoms with Crippen LogP contribution in [0.5, 0.6) is 0 Å². The second-order valence-corrected chi connectivity index (χ2v) is 5.11. The molecule has 0 saturated heterocycles. The van der Waals surface area contributed by atoms with Crippen molar-refractivity contribution >= 4 is 35.6 Å². The predicted molar refractivity (Wildman–Crippen MR) is 105 cm³/mol. The van der Waals surface area contributed by atoms with Gasteiger partial charge in [0.15, 0.2) is 0 Å². The van der Waals surface area contributed by atoms with Gasteiger partial charge in [-0.25, -0.2) is 12.2 Å². The van der Waals surface area contributed by atoms with E-state index in [0.717, 1.165) is 12.8 Å². The van der Waals surface area contributed by atoms with Gasteiger partial charge in [0, 0.05) is 0 Å². The minimum atomic E-state index is 0. The van der Waals surface area contributed by atoms with Gasteiger partial charge in [-0.15, -0.1) is 71.8 Å². The van der Waals surface area contributed by atoms with Gasteiger partial charge in [-0.05, 0) is 6.42 Å². The van der Waals surface area contributed by atoms with Gasteiger partial charge in [0.25, 0.3) is 0 Å². The van der Waals surface area contributed by atoms with Gasteiger partial charge in [-0.2, -0.15) is 12.1 Å². The zero-order valence-electron chi connectivity index (χ0n) is 13.3. The first-order valence-corrected chi connectivity index (χ1v) is 7.32. The summed E-state index contributed by atoms with van der Waals surface area (Å²) in [5, 5.41) is 2.72. The molecule has 0 spiro atoms. The third kappa shape index (κ3) is 6.48. The average molecular weight is 435 g/mol. The van der Waals surface area contributed by atoms with E-state index < -0.39 is 0 Å². The first kappa shape index (κ1) is 23.0. The van der Waals surface area contributed by atoms with Crippen LogP contribution < -0.4 is 0 Å². The Morgan fingerprint density at radius 3 is 2.21 bits per heavy atom. The van der Waals surface area contributed by atoms with Gasteiger partial charge < -0.3 is 0 Å². The number of hydrogen-bond acceptors (Lipinski definition) is 0. The van der Waals surface area contributed by atoms with Crippen LogP contribution in [0.3, 0.4) is 0 Å². The molecule has 0 aliphatic heterocycles. The Morgan fingerprint density at radius 1 is 0.875 bits per heavy atom. The van der Waals surface area contributed by atoms with Crippen molar-refractivity contribution in [3.05, 3.63) is 102 Å². The predicted octanol–water partition coefficient (Wildman–Crippen LogP) is 6.30. The maximum absolute atomic E-state index is 2.99. The molecule has 1 aliphatic carbocycles. The van der Waals surface area contributed by atoms with Gasteiger partial charge >= 0.3 is 26.2 Å². The Labute approximate surface area is 176 Å². The van der Waals surface area contributed by atoms with Gasteiger partial charge in [0.05, 0.1) is 0 Å². The smallest absolute Gasteiger partial charge is 0.273 e. The van der Waals surface area contributed by atoms with Crippen LogP contribution in [0.25, 0.3) is 10.8 Å². The fraction of sp³-hybridized carbons (Fsp3) is 0.0952. The summed E-state index contributed by atoms with van der Waals surface area (Å²) >= 11 is 0. The largest absolute Gasteiger partial charge is 2.00 e. The Balaban J connectivity index is 0.000000578. The van der Waals surface area contributed by atoms with Crippen molar-refractivity contribution in [1.29, 1.82) is 0 Å². The van der Waals surface area contributed by atoms with Crippen molar-refractivity contribution in [2.45, 2.75) is 12.8 Å². The van der Waals surface area contributed by atoms with Crippen LogP contribution in [-0.4, -0.2) is 0 Å². The standard InChI is InChI=1S/C16H13.C5H5.2ClH.Zr/c1-2-6-13(7-3-1)12-15-11-10-14-8-4-5-9-16(14)15;1-2-4-5-3-1;;;/h1-11H,12H2;1-3H,4H2;2*1H;/q2*-1;;;+2. The summed E-state index contributed by atoms with van der Waals surface area (Å²) in [4.78, 5) is 0. The van der Waals surface area contributed by atoms with E-state index in [2.05, 4.69) is 78.9 Å². The fourth-order valence-corrected chi connectivity index (χ4v) is 2.53. The van der Waals surface area contributed by atoms with Crippen LogP contribution in [0.1, 0.15) is 17.5 Å². The van der Waals surface area contributed by atoms with E-state index in [1.165, 1.54) is 21.9 Å². The molecule has 0 aromatic heterocycles. The monoisotopic (exact) mass is 432 g/mol. The molecule has 0 nitrogen and oxygen atoms in total. The molecular weight excluding hydrogens is 414 g/mol. The molecule has 1 aliphatic rings. The van der Waals surface area contributed by atoms with Crippen LogP contribution in [0.4, 0.5) is 0 Å². The normalized spacial score (nSPS) is 10.8. The average Bonchev–Trinajstić information content (AvgIpc) is 3.22. The Bertz CT molecular complexity index is 748. The summed E-state index contributed by atoms with van der Waals surface area (Å²) in [6.07, 6.45) is 11.0. The fourth-order valence-electron chi connectivity index (χ4n) is 2.53. The molecule has 0 atom stereocenters. The number of hydrogen-bond donors (Lipinski definition) is 0. The van der Waals surface area contributed by atoms with E-state index in [1.807, 2.05) is 12.2 Å². The van der Waals surface area contributed by atoms with Gasteiger partial charge in [0.1, 0.15) is 0 Å². The molecule has 0 radical (unpaired) electrons. The zero-order chi connectivity index (χ0) is 14.3. The number of rotatable bonds is 2. The molecule has 122 valence electrons. The number of halogens is 2. The SMILES string of the molecule is Cl.Cl.[C-]1=CC=CC1.[Zr+2].c1ccc(C[c-]2ccc3ccccc32)cc1. The second kappa shape index (κ2) is 12.4. The third-order valence-corrected chi connectivity index (χ3v) is 3.59. The molecule has 4 rings (SSSR count). The summed E-state index contributed by atoms with van der Waals surface area (Å²) in [7, 11) is 0. The van der Waals surface area contributed by atoms with Gasteiger partial charge in [0.2, 0.25) is 0 Å². The summed E-state index contributed by atoms with van der Waals surface area (Å²) in [6.45, 7) is 0. The minimum absolute atomic E-state index is 0. The minimum Gasteiger partial charge on any atom is -0.273 e. The van der Waals surface area contributed by atoms with Crippen LogP contribution in [-0.2, 0) is 32.6 Å². The molecule has 3 aromatic rings. The number of benzene rings is 2. The number of fused-ring (bicyclic) bond motifs is 1. The second-order valence-electron chi connectivity index (χ2n) is 5.11. The van der Waals surface area contributed by atoms with E-state index in [9.17, 15) is 0 Å². The van der Waals surface area contributed by atoms with Gasteiger partial charge in [-0.1, -0.05) is 42.0 Å². The van der Waals surface area contributed by atoms with Crippen molar-refractivity contribution in [1.82, 2.24) is 0 Å². The first-order valence-electron chi connectivity index (χ1n) is 7.32. The summed E-state index contributed by atoms with van der Waals surface area (Å²) < 4.78 is 0. The Morgan fingerprint density at radius 2 is 1.58 bits per heavy atom. The first-order chi connectivity index (χ1) is 10.4. The summed E-state index contributed by atoms with van der Waals surface area (Å²) in [5.41, 5.74) is 2.79. The molecule has 0 heterocycles. The van der Waals surface area contributed by atoms with Crippen molar-refractivity contribution in [2.24, 2.45) is 0 Å². The molecule has 0 saturated carbocycles. The molecule has 24 heavy (non-hydrogen) atoms. The maximum atomic E-state index is 2.99. The molecule has 0 N–H and O–H groups in total. The quantitative estimate of drug-likeness (QED) is 0.416. The number of allylic oxidation sites excluding steroid dienone is 4. The third-order valence-electron chi connectivity index (χ3n) is 3.59. The Hall–Kier alpha value is -1.01. The zero-order valence-corrected chi connectivity index (χ0v) is 17.4. The van der Waals surface area contributed by atoms with Crippen molar-refractivity contribution < 1.29 is 26.2 Å². The van der Waals surface area contributed by atoms with E-state index in [4.69, 9.17) is 0 Å². The van der Waals surface area contributed by atoms with Crippen molar-refractivity contribution in [3.63, 3.8) is 0 Å². The van der Waals surface area contributed by atoms with E-state index in [1.54, 1.807) is 0 Å². The van der Waals surface area contributed by atoms with Crippen LogP contribution in [0.2, 0.25) is 0 Å². The molecular formula is C21H20Cl2Zr. The van der Waals surface area contributed by atoms with E-state index in [0.29, 0.717) is 0 Å². The molecule has 3 aromatic carbocycles. The molecule has 0 bridgehead atoms. The molecule has 3 heteroatoms. The summed E-state index contributed by atoms with van der Waals surface area (Å²) in [5.74, 6) is 0. The van der Waals surface area contributed by atoms with Crippen LogP contribution >= 0.6 is 24.8 Å². The maximum Gasteiger partial charge on any atom is 2.00 e. The van der Waals surface area contributed by atoms with Crippen LogP contribution in [0.15, 0.2) is 85.0 Å². The van der Waals surface area contributed by atoms with E-state index in [-0.39, 0.29) is 51.0 Å². The van der Waals surface area contributed by atoms with Gasteiger partial charge in [-0.3, -0.25) is 6.08 Å². The molecule has 0 fully saturated rings. The molecule has 0 unspecified atom stereocenters. The van der Waals surface area contributed by atoms with Crippen LogP contribution in [0, 0.1) is 6.08 Å².